The predicted octanol–water partition coefficient (Wildman–Crippen LogP) is 1.43. The molecule has 0 atom stereocenters. The number of hydrogen-bond donors (Lipinski definition) is 0. The molecule has 3 nitrogen and oxygen atoms in total. The minimum Gasteiger partial charge on any atom is -0.272 e. The number of rotatable bonds is 1. The Hall–Kier alpha value is -0.990. The molecule has 0 fully saturated rings. The summed E-state index contributed by atoms with van der Waals surface area (Å²) in [4.78, 5) is 18.9. The molecule has 0 aromatic rings. The molecule has 0 aliphatic carbocycles. The normalized spacial score (nSPS) is 18.4. The summed E-state index contributed by atoms with van der Waals surface area (Å²) in [5, 5.41) is 0. The fraction of sp³-hybridized carbons (Fsp3) is 0.625. The summed E-state index contributed by atoms with van der Waals surface area (Å²) < 4.78 is 0. The smallest absolute Gasteiger partial charge is 0.253 e. The van der Waals surface area contributed by atoms with Crippen molar-refractivity contribution in [2.24, 2.45) is 15.9 Å². The van der Waals surface area contributed by atoms with Gasteiger partial charge in [-0.1, -0.05) is 13.8 Å². The van der Waals surface area contributed by atoms with Crippen molar-refractivity contribution >= 4 is 17.5 Å². The van der Waals surface area contributed by atoms with Gasteiger partial charge in [0.1, 0.15) is 5.84 Å². The summed E-state index contributed by atoms with van der Waals surface area (Å²) >= 11 is 0. The molecule has 0 saturated carbocycles. The summed E-state index contributed by atoms with van der Waals surface area (Å²) in [6, 6.07) is 0. The van der Waals surface area contributed by atoms with Gasteiger partial charge in [0.05, 0.1) is 6.42 Å². The molecule has 1 amide bonds. The maximum Gasteiger partial charge on any atom is 0.253 e. The molecule has 1 aliphatic rings. The van der Waals surface area contributed by atoms with Crippen LogP contribution in [0.5, 0.6) is 0 Å². The average molecular weight is 152 g/mol. The molecule has 11 heavy (non-hydrogen) atoms. The number of aliphatic imine (C=N–C) groups is 2. The Balaban J connectivity index is 2.87. The van der Waals surface area contributed by atoms with E-state index in [2.05, 4.69) is 9.98 Å². The van der Waals surface area contributed by atoms with Crippen LogP contribution in [0.1, 0.15) is 27.2 Å². The van der Waals surface area contributed by atoms with E-state index in [-0.39, 0.29) is 11.8 Å². The van der Waals surface area contributed by atoms with Crippen LogP contribution >= 0.6 is 0 Å². The van der Waals surface area contributed by atoms with Crippen molar-refractivity contribution in [3.63, 3.8) is 0 Å². The van der Waals surface area contributed by atoms with Gasteiger partial charge >= 0.3 is 0 Å². The standard InChI is InChI=1S/C8H12N2O/c1-5(2)8-9-6(3)4-7(11)10-8/h5H,4H2,1-3H3. The van der Waals surface area contributed by atoms with Gasteiger partial charge in [-0.05, 0) is 6.92 Å². The van der Waals surface area contributed by atoms with Crippen molar-refractivity contribution in [3.8, 4) is 0 Å². The van der Waals surface area contributed by atoms with Crippen molar-refractivity contribution in [1.82, 2.24) is 0 Å². The number of carbonyl (C=O) groups excluding carboxylic acids is 1. The van der Waals surface area contributed by atoms with Crippen LogP contribution < -0.4 is 0 Å². The average Bonchev–Trinajstić information content (AvgIpc) is 1.85. The maximum atomic E-state index is 10.9. The molecule has 3 heteroatoms. The van der Waals surface area contributed by atoms with E-state index >= 15 is 0 Å². The highest BCUT2D eigenvalue weighted by atomic mass is 16.1. The molecular weight excluding hydrogens is 140 g/mol. The second-order valence-electron chi connectivity index (χ2n) is 3.04. The lowest BCUT2D eigenvalue weighted by Crippen LogP contribution is -2.17. The predicted molar refractivity (Wildman–Crippen MR) is 45.0 cm³/mol. The van der Waals surface area contributed by atoms with Gasteiger partial charge in [-0.25, -0.2) is 4.99 Å². The van der Waals surface area contributed by atoms with Crippen LogP contribution in [0.3, 0.4) is 0 Å². The van der Waals surface area contributed by atoms with Crippen molar-refractivity contribution in [1.29, 1.82) is 0 Å². The first-order chi connectivity index (χ1) is 5.09. The zero-order valence-corrected chi connectivity index (χ0v) is 7.09. The van der Waals surface area contributed by atoms with Crippen molar-refractivity contribution < 1.29 is 4.79 Å². The first-order valence-electron chi connectivity index (χ1n) is 3.75. The molecule has 0 aromatic heterocycles. The Kier molecular flexibility index (Phi) is 2.17. The van der Waals surface area contributed by atoms with Crippen LogP contribution in [0.4, 0.5) is 0 Å². The molecule has 0 aromatic carbocycles. The number of amidine groups is 1. The topological polar surface area (TPSA) is 41.8 Å². The molecule has 1 rings (SSSR count). The minimum atomic E-state index is -0.0683. The third kappa shape index (κ3) is 1.97. The van der Waals surface area contributed by atoms with Gasteiger partial charge in [0, 0.05) is 11.6 Å². The second kappa shape index (κ2) is 2.95. The number of hydrogen-bond acceptors (Lipinski definition) is 2. The third-order valence-electron chi connectivity index (χ3n) is 1.47. The van der Waals surface area contributed by atoms with Crippen LogP contribution in [-0.4, -0.2) is 17.5 Å². The molecule has 0 bridgehead atoms. The molecule has 0 N–H and O–H groups in total. The summed E-state index contributed by atoms with van der Waals surface area (Å²) in [7, 11) is 0. The minimum absolute atomic E-state index is 0.0683. The quantitative estimate of drug-likeness (QED) is 0.560. The van der Waals surface area contributed by atoms with E-state index in [1.54, 1.807) is 0 Å². The van der Waals surface area contributed by atoms with E-state index in [0.717, 1.165) is 5.71 Å². The second-order valence-corrected chi connectivity index (χ2v) is 3.04. The highest BCUT2D eigenvalue weighted by Crippen LogP contribution is 2.06. The number of nitrogens with zero attached hydrogens (tertiary/aromatic N) is 2. The first-order valence-corrected chi connectivity index (χ1v) is 3.75. The highest BCUT2D eigenvalue weighted by molar-refractivity contribution is 6.13. The lowest BCUT2D eigenvalue weighted by atomic mass is 10.1. The van der Waals surface area contributed by atoms with E-state index in [0.29, 0.717) is 12.3 Å². The van der Waals surface area contributed by atoms with E-state index in [1.165, 1.54) is 0 Å². The van der Waals surface area contributed by atoms with Gasteiger partial charge in [0.2, 0.25) is 0 Å². The molecule has 0 spiro atoms. The lowest BCUT2D eigenvalue weighted by molar-refractivity contribution is -0.116. The first kappa shape index (κ1) is 8.11. The Morgan fingerprint density at radius 2 is 2.00 bits per heavy atom. The van der Waals surface area contributed by atoms with Crippen LogP contribution in [0.2, 0.25) is 0 Å². The Morgan fingerprint density at radius 3 is 2.45 bits per heavy atom. The van der Waals surface area contributed by atoms with Gasteiger partial charge in [0.25, 0.3) is 5.91 Å². The van der Waals surface area contributed by atoms with E-state index in [9.17, 15) is 4.79 Å². The van der Waals surface area contributed by atoms with E-state index in [1.807, 2.05) is 20.8 Å². The Morgan fingerprint density at radius 1 is 1.36 bits per heavy atom. The van der Waals surface area contributed by atoms with Gasteiger partial charge < -0.3 is 0 Å². The molecule has 60 valence electrons. The highest BCUT2D eigenvalue weighted by Gasteiger charge is 2.13. The Bertz CT molecular complexity index is 238. The van der Waals surface area contributed by atoms with Gasteiger partial charge in [0.15, 0.2) is 0 Å². The molecule has 0 unspecified atom stereocenters. The summed E-state index contributed by atoms with van der Waals surface area (Å²) in [6.45, 7) is 5.82. The summed E-state index contributed by atoms with van der Waals surface area (Å²) in [5.41, 5.74) is 0.869. The molecule has 1 aliphatic heterocycles. The number of amides is 1. The summed E-state index contributed by atoms with van der Waals surface area (Å²) in [6.07, 6.45) is 0.385. The van der Waals surface area contributed by atoms with Crippen LogP contribution in [-0.2, 0) is 4.79 Å². The van der Waals surface area contributed by atoms with Crippen LogP contribution in [0.25, 0.3) is 0 Å². The fourth-order valence-electron chi connectivity index (χ4n) is 0.904. The molecular formula is C8H12N2O. The van der Waals surface area contributed by atoms with Crippen molar-refractivity contribution in [3.05, 3.63) is 0 Å². The molecule has 0 radical (unpaired) electrons. The van der Waals surface area contributed by atoms with Gasteiger partial charge in [-0.2, -0.15) is 4.99 Å². The fourth-order valence-corrected chi connectivity index (χ4v) is 0.904. The third-order valence-corrected chi connectivity index (χ3v) is 1.47. The van der Waals surface area contributed by atoms with Gasteiger partial charge in [-0.15, -0.1) is 0 Å². The van der Waals surface area contributed by atoms with E-state index in [4.69, 9.17) is 0 Å². The Labute approximate surface area is 66.2 Å². The zero-order valence-electron chi connectivity index (χ0n) is 7.09. The number of carbonyl (C=O) groups is 1. The van der Waals surface area contributed by atoms with Gasteiger partial charge in [-0.3, -0.25) is 4.79 Å². The molecule has 1 heterocycles. The zero-order chi connectivity index (χ0) is 8.43. The SMILES string of the molecule is CC1=NC(C(C)C)=NC(=O)C1. The maximum absolute atomic E-state index is 10.9. The molecule has 0 saturated heterocycles. The van der Waals surface area contributed by atoms with Crippen molar-refractivity contribution in [2.75, 3.05) is 0 Å². The van der Waals surface area contributed by atoms with Crippen LogP contribution in [0.15, 0.2) is 9.98 Å². The lowest BCUT2D eigenvalue weighted by Gasteiger charge is -2.09. The summed E-state index contributed by atoms with van der Waals surface area (Å²) in [5.74, 6) is 0.842. The largest absolute Gasteiger partial charge is 0.272 e. The monoisotopic (exact) mass is 152 g/mol. The van der Waals surface area contributed by atoms with Crippen LogP contribution in [0, 0.1) is 5.92 Å². The van der Waals surface area contributed by atoms with Crippen molar-refractivity contribution in [2.45, 2.75) is 27.2 Å². The van der Waals surface area contributed by atoms with E-state index < -0.39 is 0 Å².